The summed E-state index contributed by atoms with van der Waals surface area (Å²) in [6, 6.07) is 5.17. The Labute approximate surface area is 132 Å². The molecule has 0 fully saturated rings. The maximum Gasteiger partial charge on any atom is 0.323 e. The quantitative estimate of drug-likeness (QED) is 0.666. The summed E-state index contributed by atoms with van der Waals surface area (Å²) < 4.78 is 5.39. The normalized spacial score (nSPS) is 13.0. The van der Waals surface area contributed by atoms with Gasteiger partial charge < -0.3 is 20.3 Å². The van der Waals surface area contributed by atoms with Crippen molar-refractivity contribution in [1.82, 2.24) is 5.32 Å². The molecule has 0 amide bonds. The highest BCUT2D eigenvalue weighted by atomic mass is 16.6. The predicted molar refractivity (Wildman–Crippen MR) is 85.3 cm³/mol. The first-order valence-electron chi connectivity index (χ1n) is 7.52. The molecule has 5 nitrogen and oxygen atoms in total. The molecule has 5 heteroatoms. The van der Waals surface area contributed by atoms with Crippen LogP contribution >= 0.6 is 0 Å². The Morgan fingerprint density at radius 3 is 2.05 bits per heavy atom. The zero-order valence-electron chi connectivity index (χ0n) is 13.8. The lowest BCUT2D eigenvalue weighted by Crippen LogP contribution is -2.39. The van der Waals surface area contributed by atoms with Gasteiger partial charge in [-0.2, -0.15) is 0 Å². The van der Waals surface area contributed by atoms with E-state index in [9.17, 15) is 15.0 Å². The number of rotatable bonds is 7. The molecule has 0 radical (unpaired) electrons. The molecular weight excluding hydrogens is 282 g/mol. The summed E-state index contributed by atoms with van der Waals surface area (Å²) >= 11 is 0. The van der Waals surface area contributed by atoms with Gasteiger partial charge in [0, 0.05) is 0 Å². The number of ether oxygens (including phenoxy) is 1. The summed E-state index contributed by atoms with van der Waals surface area (Å²) in [5, 5.41) is 21.5. The number of aliphatic hydroxyl groups is 2. The molecule has 3 N–H and O–H groups in total. The lowest BCUT2D eigenvalue weighted by molar-refractivity contribution is -0.157. The topological polar surface area (TPSA) is 78.8 Å². The summed E-state index contributed by atoms with van der Waals surface area (Å²) in [6.45, 7) is 5.40. The maximum atomic E-state index is 12.1. The van der Waals surface area contributed by atoms with Crippen LogP contribution in [-0.4, -0.2) is 34.9 Å². The van der Waals surface area contributed by atoms with E-state index in [1.807, 2.05) is 32.9 Å². The molecule has 0 aliphatic rings. The Morgan fingerprint density at radius 2 is 1.64 bits per heavy atom. The molecule has 22 heavy (non-hydrogen) atoms. The molecule has 1 aromatic rings. The number of aliphatic hydroxyl groups excluding tert-OH is 2. The Kier molecular flexibility index (Phi) is 7.00. The molecule has 1 unspecified atom stereocenters. The lowest BCUT2D eigenvalue weighted by Gasteiger charge is -2.23. The summed E-state index contributed by atoms with van der Waals surface area (Å²) in [7, 11) is 1.73. The summed E-state index contributed by atoms with van der Waals surface area (Å²) in [6.07, 6.45) is 1.25. The van der Waals surface area contributed by atoms with E-state index in [0.717, 1.165) is 16.7 Å². The van der Waals surface area contributed by atoms with E-state index in [4.69, 9.17) is 4.74 Å². The van der Waals surface area contributed by atoms with Gasteiger partial charge in [0.2, 0.25) is 0 Å². The van der Waals surface area contributed by atoms with Gasteiger partial charge in [0.15, 0.2) is 0 Å². The third-order valence-electron chi connectivity index (χ3n) is 3.24. The monoisotopic (exact) mass is 309 g/mol. The first-order valence-corrected chi connectivity index (χ1v) is 7.52. The highest BCUT2D eigenvalue weighted by Gasteiger charge is 2.23. The molecule has 0 spiro atoms. The van der Waals surface area contributed by atoms with Crippen LogP contribution in [-0.2, 0) is 29.2 Å². The highest BCUT2D eigenvalue weighted by molar-refractivity contribution is 5.76. The number of nitrogens with one attached hydrogen (secondary N) is 1. The van der Waals surface area contributed by atoms with Crippen molar-refractivity contribution in [2.45, 2.75) is 58.5 Å². The molecule has 124 valence electrons. The lowest BCUT2D eigenvalue weighted by atomic mass is 10.0. The van der Waals surface area contributed by atoms with Crippen molar-refractivity contribution in [2.75, 3.05) is 7.05 Å². The molecule has 0 saturated heterocycles. The average molecular weight is 309 g/mol. The third-order valence-corrected chi connectivity index (χ3v) is 3.24. The number of hydrogen-bond donors (Lipinski definition) is 3. The highest BCUT2D eigenvalue weighted by Crippen LogP contribution is 2.15. The fourth-order valence-electron chi connectivity index (χ4n) is 2.23. The number of hydrogen-bond acceptors (Lipinski definition) is 5. The second-order valence-electron chi connectivity index (χ2n) is 6.39. The smallest absolute Gasteiger partial charge is 0.323 e. The van der Waals surface area contributed by atoms with Gasteiger partial charge in [-0.05, 0) is 57.4 Å². The van der Waals surface area contributed by atoms with Crippen LogP contribution in [0, 0.1) is 0 Å². The third kappa shape index (κ3) is 6.13. The second kappa shape index (κ2) is 8.27. The minimum absolute atomic E-state index is 0.0671. The van der Waals surface area contributed by atoms with Crippen molar-refractivity contribution in [1.29, 1.82) is 0 Å². The van der Waals surface area contributed by atoms with Crippen LogP contribution in [0.5, 0.6) is 0 Å². The van der Waals surface area contributed by atoms with Crippen molar-refractivity contribution >= 4 is 5.97 Å². The van der Waals surface area contributed by atoms with E-state index in [1.165, 1.54) is 0 Å². The van der Waals surface area contributed by atoms with Gasteiger partial charge >= 0.3 is 5.97 Å². The molecule has 0 bridgehead atoms. The Morgan fingerprint density at radius 1 is 1.14 bits per heavy atom. The number of carbonyl (C=O) groups is 1. The second-order valence-corrected chi connectivity index (χ2v) is 6.39. The largest absolute Gasteiger partial charge is 0.459 e. The summed E-state index contributed by atoms with van der Waals surface area (Å²) in [5.74, 6) is -0.268. The van der Waals surface area contributed by atoms with Gasteiger partial charge in [-0.25, -0.2) is 0 Å². The van der Waals surface area contributed by atoms with Crippen LogP contribution in [0.1, 0.15) is 43.9 Å². The molecule has 1 rings (SSSR count). The molecule has 1 aromatic carbocycles. The molecule has 0 aromatic heterocycles. The predicted octanol–water partition coefficient (Wildman–Crippen LogP) is 1.53. The van der Waals surface area contributed by atoms with Crippen LogP contribution in [0.2, 0.25) is 0 Å². The van der Waals surface area contributed by atoms with E-state index < -0.39 is 5.60 Å². The zero-order chi connectivity index (χ0) is 16.8. The molecule has 0 saturated carbocycles. The van der Waals surface area contributed by atoms with Gasteiger partial charge in [0.05, 0.1) is 13.2 Å². The number of aryl methyl sites for hydroxylation is 1. The maximum absolute atomic E-state index is 12.1. The molecule has 0 aliphatic carbocycles. The first-order chi connectivity index (χ1) is 10.3. The van der Waals surface area contributed by atoms with Crippen molar-refractivity contribution < 1.29 is 19.7 Å². The van der Waals surface area contributed by atoms with Gasteiger partial charge in [-0.3, -0.25) is 4.79 Å². The van der Waals surface area contributed by atoms with E-state index in [2.05, 4.69) is 5.32 Å². The number of esters is 1. The van der Waals surface area contributed by atoms with E-state index in [-0.39, 0.29) is 25.2 Å². The molecule has 1 atom stereocenters. The average Bonchev–Trinajstić information content (AvgIpc) is 2.45. The minimum Gasteiger partial charge on any atom is -0.459 e. The van der Waals surface area contributed by atoms with Crippen LogP contribution in [0.4, 0.5) is 0 Å². The minimum atomic E-state index is -0.507. The van der Waals surface area contributed by atoms with Crippen molar-refractivity contribution in [3.05, 3.63) is 34.9 Å². The van der Waals surface area contributed by atoms with Crippen LogP contribution in [0.15, 0.2) is 18.2 Å². The van der Waals surface area contributed by atoms with Gasteiger partial charge in [-0.1, -0.05) is 18.2 Å². The Balaban J connectivity index is 2.72. The van der Waals surface area contributed by atoms with Gasteiger partial charge in [-0.15, -0.1) is 0 Å². The number of benzene rings is 1. The fraction of sp³-hybridized carbons (Fsp3) is 0.588. The fourth-order valence-corrected chi connectivity index (χ4v) is 2.23. The standard InChI is InChI=1S/C17H27NO4/c1-17(2,3)22-16(21)15(18-4)6-5-12-7-13(10-19)9-14(8-12)11-20/h7-9,15,18-20H,5-6,10-11H2,1-4H3. The first kappa shape index (κ1) is 18.6. The van der Waals surface area contributed by atoms with Crippen molar-refractivity contribution in [3.63, 3.8) is 0 Å². The summed E-state index contributed by atoms with van der Waals surface area (Å²) in [4.78, 5) is 12.1. The van der Waals surface area contributed by atoms with Crippen LogP contribution in [0.25, 0.3) is 0 Å². The van der Waals surface area contributed by atoms with Crippen molar-refractivity contribution in [2.24, 2.45) is 0 Å². The van der Waals surface area contributed by atoms with Crippen LogP contribution in [0.3, 0.4) is 0 Å². The van der Waals surface area contributed by atoms with Crippen LogP contribution < -0.4 is 5.32 Å². The summed E-state index contributed by atoms with van der Waals surface area (Å²) in [5.41, 5.74) is 2.01. The van der Waals surface area contributed by atoms with E-state index in [0.29, 0.717) is 12.8 Å². The van der Waals surface area contributed by atoms with E-state index >= 15 is 0 Å². The zero-order valence-corrected chi connectivity index (χ0v) is 13.8. The Bertz CT molecular complexity index is 472. The SMILES string of the molecule is CNC(CCc1cc(CO)cc(CO)c1)C(=O)OC(C)(C)C. The van der Waals surface area contributed by atoms with Crippen molar-refractivity contribution in [3.8, 4) is 0 Å². The number of carbonyl (C=O) groups excluding carboxylic acids is 1. The van der Waals surface area contributed by atoms with E-state index in [1.54, 1.807) is 13.1 Å². The van der Waals surface area contributed by atoms with Gasteiger partial charge in [0.25, 0.3) is 0 Å². The number of likely N-dealkylation sites (N-methyl/N-ethyl adjacent to an activating group) is 1. The molecular formula is C17H27NO4. The molecule has 0 aliphatic heterocycles. The molecule has 0 heterocycles. The van der Waals surface area contributed by atoms with Gasteiger partial charge in [0.1, 0.15) is 11.6 Å². The Hall–Kier alpha value is -1.43.